The van der Waals surface area contributed by atoms with Crippen LogP contribution in [0.15, 0.2) is 42.7 Å². The number of carbonyl (C=O) groups is 1. The fraction of sp³-hybridized carbons (Fsp3) is 0.316. The van der Waals surface area contributed by atoms with E-state index in [0.717, 1.165) is 5.56 Å². The molecule has 7 heteroatoms. The smallest absolute Gasteiger partial charge is 0.317 e. The molecule has 1 aliphatic rings. The highest BCUT2D eigenvalue weighted by Crippen LogP contribution is 2.23. The van der Waals surface area contributed by atoms with Gasteiger partial charge in [-0.25, -0.2) is 9.18 Å². The van der Waals surface area contributed by atoms with E-state index in [1.165, 1.54) is 6.07 Å². The van der Waals surface area contributed by atoms with Crippen molar-refractivity contribution in [1.82, 2.24) is 15.2 Å². The molecule has 6 nitrogen and oxygen atoms in total. The lowest BCUT2D eigenvalue weighted by Crippen LogP contribution is -2.52. The van der Waals surface area contributed by atoms with Crippen LogP contribution >= 0.6 is 0 Å². The van der Waals surface area contributed by atoms with Crippen molar-refractivity contribution in [3.05, 3.63) is 59.7 Å². The second-order valence-electron chi connectivity index (χ2n) is 6.17. The molecule has 0 bridgehead atoms. The second-order valence-corrected chi connectivity index (χ2v) is 6.17. The first-order valence-electron chi connectivity index (χ1n) is 8.49. The summed E-state index contributed by atoms with van der Waals surface area (Å²) in [6.45, 7) is 4.05. The van der Waals surface area contributed by atoms with Gasteiger partial charge in [0.2, 0.25) is 0 Å². The van der Waals surface area contributed by atoms with Crippen LogP contribution in [0.4, 0.5) is 14.9 Å². The van der Waals surface area contributed by atoms with Crippen molar-refractivity contribution in [2.75, 3.05) is 31.1 Å². The Morgan fingerprint density at radius 2 is 1.92 bits per heavy atom. The largest absolute Gasteiger partial charge is 0.367 e. The van der Waals surface area contributed by atoms with E-state index in [9.17, 15) is 14.4 Å². The van der Waals surface area contributed by atoms with Gasteiger partial charge in [0, 0.05) is 38.6 Å². The van der Waals surface area contributed by atoms with Crippen molar-refractivity contribution in [1.29, 1.82) is 5.26 Å². The van der Waals surface area contributed by atoms with Crippen LogP contribution in [-0.2, 0) is 0 Å². The van der Waals surface area contributed by atoms with Gasteiger partial charge in [-0.15, -0.1) is 0 Å². The van der Waals surface area contributed by atoms with Crippen molar-refractivity contribution in [3.63, 3.8) is 0 Å². The van der Waals surface area contributed by atoms with Crippen LogP contribution in [0.3, 0.4) is 0 Å². The average molecular weight is 353 g/mol. The molecule has 0 spiro atoms. The van der Waals surface area contributed by atoms with Gasteiger partial charge in [0.05, 0.1) is 11.7 Å². The van der Waals surface area contributed by atoms with E-state index in [1.807, 2.05) is 30.0 Å². The zero-order chi connectivity index (χ0) is 18.5. The standard InChI is InChI=1S/C19H20FN5O/c1-14(15-5-7-22-8-6-15)23-19(26)25-11-9-24(10-12-25)18-4-2-3-17(20)16(18)13-21/h2-8,14H,9-12H2,1H3,(H,23,26). The summed E-state index contributed by atoms with van der Waals surface area (Å²) in [6.07, 6.45) is 3.39. The van der Waals surface area contributed by atoms with Gasteiger partial charge in [0.15, 0.2) is 0 Å². The van der Waals surface area contributed by atoms with E-state index < -0.39 is 5.82 Å². The van der Waals surface area contributed by atoms with Crippen LogP contribution in [0.25, 0.3) is 0 Å². The van der Waals surface area contributed by atoms with Crippen LogP contribution in [-0.4, -0.2) is 42.1 Å². The van der Waals surface area contributed by atoms with Gasteiger partial charge < -0.3 is 15.1 Å². The molecule has 3 rings (SSSR count). The molecule has 2 amide bonds. The highest BCUT2D eigenvalue weighted by molar-refractivity contribution is 5.75. The lowest BCUT2D eigenvalue weighted by atomic mass is 10.1. The van der Waals surface area contributed by atoms with Crippen molar-refractivity contribution >= 4 is 11.7 Å². The Kier molecular flexibility index (Phi) is 5.32. The topological polar surface area (TPSA) is 72.3 Å². The van der Waals surface area contributed by atoms with Gasteiger partial charge in [-0.1, -0.05) is 6.07 Å². The Morgan fingerprint density at radius 3 is 2.58 bits per heavy atom. The van der Waals surface area contributed by atoms with Gasteiger partial charge in [0.1, 0.15) is 17.4 Å². The predicted molar refractivity (Wildman–Crippen MR) is 96.1 cm³/mol. The highest BCUT2D eigenvalue weighted by Gasteiger charge is 2.24. The van der Waals surface area contributed by atoms with Gasteiger partial charge in [0.25, 0.3) is 0 Å². The van der Waals surface area contributed by atoms with Gasteiger partial charge in [-0.3, -0.25) is 4.98 Å². The minimum absolute atomic E-state index is 0.0525. The van der Waals surface area contributed by atoms with E-state index in [0.29, 0.717) is 31.9 Å². The Labute approximate surface area is 151 Å². The number of nitrogens with one attached hydrogen (secondary N) is 1. The quantitative estimate of drug-likeness (QED) is 0.921. The zero-order valence-electron chi connectivity index (χ0n) is 14.5. The fourth-order valence-corrected chi connectivity index (χ4v) is 3.05. The predicted octanol–water partition coefficient (Wildman–Crippen LogP) is 2.69. The van der Waals surface area contributed by atoms with Gasteiger partial charge in [-0.05, 0) is 36.8 Å². The Balaban J connectivity index is 1.59. The molecule has 1 fully saturated rings. The summed E-state index contributed by atoms with van der Waals surface area (Å²) < 4.78 is 13.8. The number of aromatic nitrogens is 1. The molecule has 1 aliphatic heterocycles. The fourth-order valence-electron chi connectivity index (χ4n) is 3.05. The summed E-state index contributed by atoms with van der Waals surface area (Å²) in [7, 11) is 0. The highest BCUT2D eigenvalue weighted by atomic mass is 19.1. The summed E-state index contributed by atoms with van der Waals surface area (Å²) in [4.78, 5) is 20.1. The number of nitriles is 1. The molecule has 1 N–H and O–H groups in total. The summed E-state index contributed by atoms with van der Waals surface area (Å²) in [5, 5.41) is 12.2. The third kappa shape index (κ3) is 3.75. The summed E-state index contributed by atoms with van der Waals surface area (Å²) >= 11 is 0. The number of carbonyl (C=O) groups excluding carboxylic acids is 1. The van der Waals surface area contributed by atoms with E-state index in [1.54, 1.807) is 29.4 Å². The Bertz CT molecular complexity index is 812. The molecule has 1 unspecified atom stereocenters. The molecule has 2 aromatic rings. The molecular formula is C19H20FN5O. The number of hydrogen-bond acceptors (Lipinski definition) is 4. The Hall–Kier alpha value is -3.14. The summed E-state index contributed by atoms with van der Waals surface area (Å²) in [6, 6.07) is 10.0. The SMILES string of the molecule is CC(NC(=O)N1CCN(c2cccc(F)c2C#N)CC1)c1ccncc1. The number of rotatable bonds is 3. The van der Waals surface area contributed by atoms with E-state index in [2.05, 4.69) is 10.3 Å². The maximum Gasteiger partial charge on any atom is 0.317 e. The number of amides is 2. The van der Waals surface area contributed by atoms with Crippen LogP contribution in [0.5, 0.6) is 0 Å². The molecule has 1 aromatic carbocycles. The molecular weight excluding hydrogens is 333 g/mol. The maximum absolute atomic E-state index is 13.8. The normalized spacial score (nSPS) is 15.3. The first-order chi connectivity index (χ1) is 12.6. The maximum atomic E-state index is 13.8. The zero-order valence-corrected chi connectivity index (χ0v) is 14.5. The molecule has 0 radical (unpaired) electrons. The van der Waals surface area contributed by atoms with Crippen molar-refractivity contribution in [2.45, 2.75) is 13.0 Å². The average Bonchev–Trinajstić information content (AvgIpc) is 2.68. The minimum atomic E-state index is -0.517. The van der Waals surface area contributed by atoms with E-state index in [4.69, 9.17) is 0 Å². The molecule has 1 saturated heterocycles. The van der Waals surface area contributed by atoms with Crippen LogP contribution in [0.2, 0.25) is 0 Å². The molecule has 0 saturated carbocycles. The monoisotopic (exact) mass is 353 g/mol. The third-order valence-corrected chi connectivity index (χ3v) is 4.56. The molecule has 134 valence electrons. The molecule has 2 heterocycles. The number of benzene rings is 1. The number of urea groups is 1. The van der Waals surface area contributed by atoms with E-state index in [-0.39, 0.29) is 17.6 Å². The lowest BCUT2D eigenvalue weighted by molar-refractivity contribution is 0.191. The van der Waals surface area contributed by atoms with Crippen molar-refractivity contribution in [3.8, 4) is 6.07 Å². The van der Waals surface area contributed by atoms with Crippen LogP contribution < -0.4 is 10.2 Å². The first kappa shape index (κ1) is 17.7. The van der Waals surface area contributed by atoms with Gasteiger partial charge in [-0.2, -0.15) is 5.26 Å². The molecule has 26 heavy (non-hydrogen) atoms. The molecule has 1 aromatic heterocycles. The number of pyridine rings is 1. The third-order valence-electron chi connectivity index (χ3n) is 4.56. The summed E-state index contributed by atoms with van der Waals surface area (Å²) in [5.74, 6) is -0.517. The summed E-state index contributed by atoms with van der Waals surface area (Å²) in [5.41, 5.74) is 1.62. The van der Waals surface area contributed by atoms with Gasteiger partial charge >= 0.3 is 6.03 Å². The van der Waals surface area contributed by atoms with E-state index >= 15 is 0 Å². The van der Waals surface area contributed by atoms with Crippen LogP contribution in [0.1, 0.15) is 24.1 Å². The molecule has 1 atom stereocenters. The van der Waals surface area contributed by atoms with Crippen molar-refractivity contribution in [2.24, 2.45) is 0 Å². The second kappa shape index (κ2) is 7.83. The number of nitrogens with zero attached hydrogens (tertiary/aromatic N) is 4. The number of piperazine rings is 1. The first-order valence-corrected chi connectivity index (χ1v) is 8.49. The van der Waals surface area contributed by atoms with Crippen molar-refractivity contribution < 1.29 is 9.18 Å². The Morgan fingerprint density at radius 1 is 1.23 bits per heavy atom. The molecule has 0 aliphatic carbocycles. The minimum Gasteiger partial charge on any atom is -0.367 e. The number of halogens is 1. The lowest BCUT2D eigenvalue weighted by Gasteiger charge is -2.36. The van der Waals surface area contributed by atoms with Crippen LogP contribution in [0, 0.1) is 17.1 Å². The number of hydrogen-bond donors (Lipinski definition) is 1. The number of anilines is 1.